The molecule has 8 heteroatoms. The van der Waals surface area contributed by atoms with Gasteiger partial charge in [-0.2, -0.15) is 5.10 Å². The van der Waals surface area contributed by atoms with Gasteiger partial charge in [0.15, 0.2) is 11.6 Å². The Morgan fingerprint density at radius 3 is 2.48 bits per heavy atom. The van der Waals surface area contributed by atoms with Crippen LogP contribution in [-0.2, 0) is 13.6 Å². The number of rotatable bonds is 5. The highest BCUT2D eigenvalue weighted by Gasteiger charge is 2.17. The molecule has 144 valence electrons. The van der Waals surface area contributed by atoms with Gasteiger partial charge in [0, 0.05) is 24.9 Å². The topological polar surface area (TPSA) is 112 Å². The van der Waals surface area contributed by atoms with Crippen LogP contribution < -0.4 is 16.6 Å². The monoisotopic (exact) mass is 385 g/mol. The number of aryl methyl sites for hydroxylation is 1. The fourth-order valence-electron chi connectivity index (χ4n) is 2.86. The number of hydrogen-bond acceptors (Lipinski definition) is 7. The summed E-state index contributed by atoms with van der Waals surface area (Å²) in [4.78, 5) is 25.3. The van der Waals surface area contributed by atoms with Crippen LogP contribution >= 0.6 is 0 Å². The molecule has 8 nitrogen and oxygen atoms in total. The highest BCUT2D eigenvalue weighted by atomic mass is 16.1. The number of nitrogens with two attached hydrogens (primary N) is 1. The van der Waals surface area contributed by atoms with E-state index in [0.29, 0.717) is 29.4 Å². The summed E-state index contributed by atoms with van der Waals surface area (Å²) in [6.45, 7) is 0.449. The van der Waals surface area contributed by atoms with Gasteiger partial charge in [0.2, 0.25) is 0 Å². The summed E-state index contributed by atoms with van der Waals surface area (Å²) in [5, 5.41) is 7.53. The first-order chi connectivity index (χ1) is 14.1. The molecule has 4 rings (SSSR count). The third-order valence-corrected chi connectivity index (χ3v) is 4.34. The molecule has 29 heavy (non-hydrogen) atoms. The molecule has 0 saturated heterocycles. The fraction of sp³-hybridized carbons (Fsp3) is 0.0952. The van der Waals surface area contributed by atoms with Gasteiger partial charge in [-0.15, -0.1) is 0 Å². The van der Waals surface area contributed by atoms with E-state index >= 15 is 0 Å². The minimum Gasteiger partial charge on any atom is -0.381 e. The van der Waals surface area contributed by atoms with E-state index in [-0.39, 0.29) is 11.4 Å². The smallest absolute Gasteiger partial charge is 0.266 e. The third kappa shape index (κ3) is 3.96. The van der Waals surface area contributed by atoms with Crippen LogP contribution in [0.15, 0.2) is 71.7 Å². The summed E-state index contributed by atoms with van der Waals surface area (Å²) < 4.78 is 1.27. The van der Waals surface area contributed by atoms with Gasteiger partial charge in [-0.1, -0.05) is 36.4 Å². The summed E-state index contributed by atoms with van der Waals surface area (Å²) in [6.07, 6.45) is 1.73. The van der Waals surface area contributed by atoms with Crippen LogP contribution in [0.1, 0.15) is 5.69 Å². The zero-order valence-electron chi connectivity index (χ0n) is 15.8. The van der Waals surface area contributed by atoms with Gasteiger partial charge in [-0.3, -0.25) is 9.78 Å². The Morgan fingerprint density at radius 2 is 1.76 bits per heavy atom. The van der Waals surface area contributed by atoms with Crippen molar-refractivity contribution in [1.82, 2.24) is 24.7 Å². The summed E-state index contributed by atoms with van der Waals surface area (Å²) >= 11 is 0. The van der Waals surface area contributed by atoms with Crippen molar-refractivity contribution in [3.05, 3.63) is 82.9 Å². The van der Waals surface area contributed by atoms with E-state index in [1.54, 1.807) is 19.3 Å². The SMILES string of the molecule is Cn1nc(-c2nc(NCc3ccccn3)c(N)nc2-c2ccccc2)ccc1=O. The lowest BCUT2D eigenvalue weighted by molar-refractivity contribution is 0.711. The average Bonchev–Trinajstić information content (AvgIpc) is 2.76. The Bertz CT molecular complexity index is 1190. The molecule has 0 aliphatic rings. The Kier molecular flexibility index (Phi) is 4.98. The minimum absolute atomic E-state index is 0.202. The molecule has 1 aromatic carbocycles. The maximum absolute atomic E-state index is 11.8. The zero-order chi connectivity index (χ0) is 20.2. The molecule has 0 aliphatic heterocycles. The Balaban J connectivity index is 1.80. The number of nitrogens with zero attached hydrogens (tertiary/aromatic N) is 5. The third-order valence-electron chi connectivity index (χ3n) is 4.34. The normalized spacial score (nSPS) is 10.7. The predicted molar refractivity (Wildman–Crippen MR) is 112 cm³/mol. The molecule has 0 fully saturated rings. The molecular weight excluding hydrogens is 366 g/mol. The number of nitrogens with one attached hydrogen (secondary N) is 1. The number of pyridine rings is 1. The van der Waals surface area contributed by atoms with Gasteiger partial charge in [-0.25, -0.2) is 14.6 Å². The maximum atomic E-state index is 11.8. The highest BCUT2D eigenvalue weighted by Crippen LogP contribution is 2.31. The van der Waals surface area contributed by atoms with Crippen LogP contribution in [0, 0.1) is 0 Å². The molecule has 0 radical (unpaired) electrons. The van der Waals surface area contributed by atoms with Gasteiger partial charge in [-0.05, 0) is 18.2 Å². The summed E-state index contributed by atoms with van der Waals surface area (Å²) in [6, 6.07) is 18.4. The van der Waals surface area contributed by atoms with E-state index in [0.717, 1.165) is 11.3 Å². The molecule has 3 heterocycles. The molecule has 3 aromatic heterocycles. The quantitative estimate of drug-likeness (QED) is 0.543. The average molecular weight is 385 g/mol. The second-order valence-corrected chi connectivity index (χ2v) is 6.38. The van der Waals surface area contributed by atoms with Gasteiger partial charge >= 0.3 is 0 Å². The number of benzene rings is 1. The Hall–Kier alpha value is -4.07. The lowest BCUT2D eigenvalue weighted by Crippen LogP contribution is -2.19. The van der Waals surface area contributed by atoms with Gasteiger partial charge in [0.25, 0.3) is 5.56 Å². The first-order valence-electron chi connectivity index (χ1n) is 9.03. The van der Waals surface area contributed by atoms with E-state index in [9.17, 15) is 4.79 Å². The number of nitrogen functional groups attached to an aromatic ring is 1. The van der Waals surface area contributed by atoms with E-state index in [2.05, 4.69) is 20.4 Å². The molecule has 0 bridgehead atoms. The van der Waals surface area contributed by atoms with Crippen molar-refractivity contribution in [2.75, 3.05) is 11.1 Å². The van der Waals surface area contributed by atoms with Gasteiger partial charge in [0.05, 0.1) is 12.2 Å². The first-order valence-corrected chi connectivity index (χ1v) is 9.03. The molecular formula is C21H19N7O. The Morgan fingerprint density at radius 1 is 0.966 bits per heavy atom. The summed E-state index contributed by atoms with van der Waals surface area (Å²) in [5.41, 5.74) is 9.35. The molecule has 0 saturated carbocycles. The van der Waals surface area contributed by atoms with Crippen molar-refractivity contribution in [1.29, 1.82) is 0 Å². The van der Waals surface area contributed by atoms with E-state index in [4.69, 9.17) is 10.7 Å². The molecule has 4 aromatic rings. The van der Waals surface area contributed by atoms with Crippen molar-refractivity contribution in [2.24, 2.45) is 7.05 Å². The first kappa shape index (κ1) is 18.3. The number of aromatic nitrogens is 5. The molecule has 0 aliphatic carbocycles. The molecule has 0 atom stereocenters. The van der Waals surface area contributed by atoms with Crippen molar-refractivity contribution in [2.45, 2.75) is 6.54 Å². The van der Waals surface area contributed by atoms with E-state index in [1.807, 2.05) is 48.5 Å². The van der Waals surface area contributed by atoms with Crippen molar-refractivity contribution in [3.8, 4) is 22.6 Å². The van der Waals surface area contributed by atoms with Crippen LogP contribution in [0.3, 0.4) is 0 Å². The van der Waals surface area contributed by atoms with E-state index in [1.165, 1.54) is 10.7 Å². The predicted octanol–water partition coefficient (Wildman–Crippen LogP) is 2.49. The van der Waals surface area contributed by atoms with Crippen molar-refractivity contribution < 1.29 is 0 Å². The van der Waals surface area contributed by atoms with Crippen LogP contribution in [0.5, 0.6) is 0 Å². The minimum atomic E-state index is -0.202. The van der Waals surface area contributed by atoms with Crippen molar-refractivity contribution >= 4 is 11.6 Å². The van der Waals surface area contributed by atoms with Gasteiger partial charge < -0.3 is 11.1 Å². The number of hydrogen-bond donors (Lipinski definition) is 2. The van der Waals surface area contributed by atoms with Crippen LogP contribution in [-0.4, -0.2) is 24.7 Å². The standard InChI is InChI=1S/C21H19N7O/c1-28-17(29)11-10-16(27-28)19-18(14-7-3-2-4-8-14)25-20(22)21(26-19)24-13-15-9-5-6-12-23-15/h2-12H,13H2,1H3,(H2,22,25)(H,24,26). The maximum Gasteiger partial charge on any atom is 0.266 e. The van der Waals surface area contributed by atoms with Crippen molar-refractivity contribution in [3.63, 3.8) is 0 Å². The second kappa shape index (κ2) is 7.89. The summed E-state index contributed by atoms with van der Waals surface area (Å²) in [7, 11) is 1.60. The lowest BCUT2D eigenvalue weighted by atomic mass is 10.1. The molecule has 3 N–H and O–H groups in total. The molecule has 0 unspecified atom stereocenters. The molecule has 0 spiro atoms. The highest BCUT2D eigenvalue weighted by molar-refractivity contribution is 5.79. The molecule has 0 amide bonds. The van der Waals surface area contributed by atoms with Crippen LogP contribution in [0.25, 0.3) is 22.6 Å². The van der Waals surface area contributed by atoms with Crippen LogP contribution in [0.2, 0.25) is 0 Å². The van der Waals surface area contributed by atoms with Gasteiger partial charge in [0.1, 0.15) is 17.1 Å². The van der Waals surface area contributed by atoms with E-state index < -0.39 is 0 Å². The summed E-state index contributed by atoms with van der Waals surface area (Å²) in [5.74, 6) is 0.703. The zero-order valence-corrected chi connectivity index (χ0v) is 15.8. The lowest BCUT2D eigenvalue weighted by Gasteiger charge is -2.14. The Labute approximate surface area is 167 Å². The van der Waals surface area contributed by atoms with Crippen LogP contribution in [0.4, 0.5) is 11.6 Å². The largest absolute Gasteiger partial charge is 0.381 e. The number of anilines is 2. The fourth-order valence-corrected chi connectivity index (χ4v) is 2.86. The second-order valence-electron chi connectivity index (χ2n) is 6.38.